The van der Waals surface area contributed by atoms with Crippen LogP contribution in [-0.2, 0) is 9.47 Å². The lowest BCUT2D eigenvalue weighted by Gasteiger charge is -2.29. The van der Waals surface area contributed by atoms with Gasteiger partial charge in [-0.2, -0.15) is 0 Å². The first kappa shape index (κ1) is 18.8. The maximum absolute atomic E-state index is 5.45. The van der Waals surface area contributed by atoms with E-state index in [0.29, 0.717) is 0 Å². The first-order valence-electron chi connectivity index (χ1n) is 10.0. The number of hydrogen-bond acceptors (Lipinski definition) is 4. The Morgan fingerprint density at radius 3 is 1.43 bits per heavy atom. The molecule has 0 amide bonds. The van der Waals surface area contributed by atoms with Crippen LogP contribution in [0.2, 0.25) is 0 Å². The van der Waals surface area contributed by atoms with E-state index in [1.807, 2.05) is 6.08 Å². The minimum atomic E-state index is 0.804. The fraction of sp³-hybridized carbons (Fsp3) is 0.333. The van der Waals surface area contributed by atoms with Crippen LogP contribution in [-0.4, -0.2) is 52.6 Å². The first-order chi connectivity index (χ1) is 13.8. The number of ether oxygens (including phenoxy) is 2. The Balaban J connectivity index is 1.53. The van der Waals surface area contributed by atoms with Crippen LogP contribution in [0.5, 0.6) is 0 Å². The monoisotopic (exact) mass is 376 g/mol. The Labute approximate surface area is 167 Å². The van der Waals surface area contributed by atoms with Crippen LogP contribution in [0.4, 0.5) is 11.4 Å². The van der Waals surface area contributed by atoms with E-state index in [4.69, 9.17) is 9.47 Å². The van der Waals surface area contributed by atoms with Gasteiger partial charge in [0.2, 0.25) is 0 Å². The summed E-state index contributed by atoms with van der Waals surface area (Å²) in [7, 11) is 0. The molecule has 2 aromatic rings. The summed E-state index contributed by atoms with van der Waals surface area (Å²) in [5, 5.41) is 0. The fourth-order valence-corrected chi connectivity index (χ4v) is 3.82. The van der Waals surface area contributed by atoms with Gasteiger partial charge >= 0.3 is 0 Å². The second-order valence-corrected chi connectivity index (χ2v) is 7.11. The molecule has 28 heavy (non-hydrogen) atoms. The van der Waals surface area contributed by atoms with E-state index in [2.05, 4.69) is 71.0 Å². The zero-order valence-corrected chi connectivity index (χ0v) is 16.3. The largest absolute Gasteiger partial charge is 0.378 e. The first-order valence-corrected chi connectivity index (χ1v) is 10.0. The summed E-state index contributed by atoms with van der Waals surface area (Å²) >= 11 is 0. The number of hydrogen-bond donors (Lipinski definition) is 0. The van der Waals surface area contributed by atoms with Crippen LogP contribution in [0, 0.1) is 0 Å². The van der Waals surface area contributed by atoms with Gasteiger partial charge in [0, 0.05) is 37.6 Å². The molecule has 0 bridgehead atoms. The van der Waals surface area contributed by atoms with Gasteiger partial charge in [-0.15, -0.1) is 0 Å². The third kappa shape index (κ3) is 4.29. The molecule has 0 spiro atoms. The van der Waals surface area contributed by atoms with E-state index in [1.165, 1.54) is 28.1 Å². The third-order valence-corrected chi connectivity index (χ3v) is 5.39. The summed E-state index contributed by atoms with van der Waals surface area (Å²) in [6.07, 6.45) is 3.95. The topological polar surface area (TPSA) is 24.9 Å². The zero-order valence-electron chi connectivity index (χ0n) is 16.3. The van der Waals surface area contributed by atoms with Gasteiger partial charge in [-0.3, -0.25) is 0 Å². The molecule has 4 nitrogen and oxygen atoms in total. The highest BCUT2D eigenvalue weighted by Gasteiger charge is 2.13. The Hall–Kier alpha value is -2.56. The summed E-state index contributed by atoms with van der Waals surface area (Å²) < 4.78 is 10.9. The number of rotatable bonds is 5. The second-order valence-electron chi connectivity index (χ2n) is 7.11. The van der Waals surface area contributed by atoms with Gasteiger partial charge in [-0.1, -0.05) is 43.0 Å². The molecular formula is C24H28N2O2. The summed E-state index contributed by atoms with van der Waals surface area (Å²) in [4.78, 5) is 4.75. The molecule has 0 aliphatic carbocycles. The highest BCUT2D eigenvalue weighted by molar-refractivity contribution is 5.82. The van der Waals surface area contributed by atoms with E-state index in [-0.39, 0.29) is 0 Å². The van der Waals surface area contributed by atoms with Gasteiger partial charge in [0.1, 0.15) is 0 Å². The van der Waals surface area contributed by atoms with E-state index in [9.17, 15) is 0 Å². The predicted octanol–water partition coefficient (Wildman–Crippen LogP) is 3.98. The number of benzene rings is 2. The molecule has 2 saturated heterocycles. The van der Waals surface area contributed by atoms with Crippen LogP contribution in [0.3, 0.4) is 0 Å². The molecular weight excluding hydrogens is 348 g/mol. The molecule has 4 heteroatoms. The van der Waals surface area contributed by atoms with Crippen molar-refractivity contribution in [3.8, 4) is 0 Å². The minimum Gasteiger partial charge on any atom is -0.378 e. The summed E-state index contributed by atoms with van der Waals surface area (Å²) in [6, 6.07) is 17.6. The van der Waals surface area contributed by atoms with Crippen molar-refractivity contribution in [1.29, 1.82) is 0 Å². The Bertz CT molecular complexity index is 736. The molecule has 4 rings (SSSR count). The fourth-order valence-electron chi connectivity index (χ4n) is 3.82. The van der Waals surface area contributed by atoms with E-state index in [1.54, 1.807) is 0 Å². The molecule has 2 fully saturated rings. The predicted molar refractivity (Wildman–Crippen MR) is 116 cm³/mol. The Kier molecular flexibility index (Phi) is 6.10. The van der Waals surface area contributed by atoms with Gasteiger partial charge < -0.3 is 19.3 Å². The average Bonchev–Trinajstić information content (AvgIpc) is 2.79. The molecule has 146 valence electrons. The molecule has 0 N–H and O–H groups in total. The second kappa shape index (κ2) is 9.09. The normalized spacial score (nSPS) is 17.3. The molecule has 0 radical (unpaired) electrons. The molecule has 0 atom stereocenters. The molecule has 0 aromatic heterocycles. The van der Waals surface area contributed by atoms with Crippen molar-refractivity contribution < 1.29 is 9.47 Å². The molecule has 2 heterocycles. The van der Waals surface area contributed by atoms with Gasteiger partial charge in [0.25, 0.3) is 0 Å². The summed E-state index contributed by atoms with van der Waals surface area (Å²) in [5.41, 5.74) is 6.12. The van der Waals surface area contributed by atoms with Crippen LogP contribution in [0.1, 0.15) is 11.1 Å². The quantitative estimate of drug-likeness (QED) is 0.737. The average molecular weight is 377 g/mol. The zero-order chi connectivity index (χ0) is 19.2. The van der Waals surface area contributed by atoms with E-state index < -0.39 is 0 Å². The Morgan fingerprint density at radius 1 is 0.679 bits per heavy atom. The standard InChI is InChI=1S/C24H28N2O2/c1-2-3-24(20-4-8-22(9-5-20)25-12-16-27-17-13-25)21-6-10-23(11-7-21)26-14-18-28-19-15-26/h2-11H,1,12-19H2. The van der Waals surface area contributed by atoms with Crippen molar-refractivity contribution in [3.63, 3.8) is 0 Å². The van der Waals surface area contributed by atoms with Crippen molar-refractivity contribution in [2.45, 2.75) is 0 Å². The lowest BCUT2D eigenvalue weighted by Crippen LogP contribution is -2.36. The minimum absolute atomic E-state index is 0.804. The summed E-state index contributed by atoms with van der Waals surface area (Å²) in [5.74, 6) is 0. The van der Waals surface area contributed by atoms with Crippen molar-refractivity contribution >= 4 is 16.9 Å². The number of nitrogens with zero attached hydrogens (tertiary/aromatic N) is 2. The van der Waals surface area contributed by atoms with Crippen LogP contribution >= 0.6 is 0 Å². The van der Waals surface area contributed by atoms with Crippen molar-refractivity contribution in [2.75, 3.05) is 62.4 Å². The molecule has 2 aromatic carbocycles. The van der Waals surface area contributed by atoms with Crippen LogP contribution in [0.25, 0.3) is 5.57 Å². The van der Waals surface area contributed by atoms with Gasteiger partial charge in [-0.25, -0.2) is 0 Å². The molecule has 0 saturated carbocycles. The van der Waals surface area contributed by atoms with E-state index >= 15 is 0 Å². The smallest absolute Gasteiger partial charge is 0.0642 e. The molecule has 0 unspecified atom stereocenters. The molecule has 2 aliphatic rings. The lowest BCUT2D eigenvalue weighted by atomic mass is 9.96. The van der Waals surface area contributed by atoms with Gasteiger partial charge in [0.15, 0.2) is 0 Å². The van der Waals surface area contributed by atoms with Crippen LogP contribution in [0.15, 0.2) is 67.3 Å². The highest BCUT2D eigenvalue weighted by atomic mass is 16.5. The van der Waals surface area contributed by atoms with Crippen molar-refractivity contribution in [2.24, 2.45) is 0 Å². The third-order valence-electron chi connectivity index (χ3n) is 5.39. The number of anilines is 2. The maximum Gasteiger partial charge on any atom is 0.0642 e. The maximum atomic E-state index is 5.45. The number of allylic oxidation sites excluding steroid dienone is 2. The highest BCUT2D eigenvalue weighted by Crippen LogP contribution is 2.28. The lowest BCUT2D eigenvalue weighted by molar-refractivity contribution is 0.122. The van der Waals surface area contributed by atoms with Crippen molar-refractivity contribution in [1.82, 2.24) is 0 Å². The van der Waals surface area contributed by atoms with Gasteiger partial charge in [-0.05, 0) is 41.0 Å². The molecule has 2 aliphatic heterocycles. The summed E-state index contributed by atoms with van der Waals surface area (Å²) in [6.45, 7) is 11.0. The number of morpholine rings is 2. The van der Waals surface area contributed by atoms with Crippen molar-refractivity contribution in [3.05, 3.63) is 78.4 Å². The SMILES string of the molecule is C=CC=C(c1ccc(N2CCOCC2)cc1)c1ccc(N2CCOCC2)cc1. The van der Waals surface area contributed by atoms with E-state index in [0.717, 1.165) is 52.6 Å². The Morgan fingerprint density at radius 2 is 1.07 bits per heavy atom. The van der Waals surface area contributed by atoms with Gasteiger partial charge in [0.05, 0.1) is 26.4 Å². The van der Waals surface area contributed by atoms with Crippen LogP contribution < -0.4 is 9.80 Å².